The maximum Gasteiger partial charge on any atom is 0.198 e. The SMILES string of the molecule is CCCCC/C=C/C/C=C/C/C=C/CCCC[C]=O. The molecule has 0 aliphatic rings. The third-order valence-corrected chi connectivity index (χ3v) is 2.92. The van der Waals surface area contributed by atoms with Crippen LogP contribution in [0.2, 0.25) is 0 Å². The maximum atomic E-state index is 9.98. The van der Waals surface area contributed by atoms with E-state index >= 15 is 0 Å². The first kappa shape index (κ1) is 17.9. The van der Waals surface area contributed by atoms with E-state index in [4.69, 9.17) is 0 Å². The molecule has 0 aromatic carbocycles. The molecule has 0 aromatic rings. The van der Waals surface area contributed by atoms with E-state index in [9.17, 15) is 4.79 Å². The number of hydrogen-bond donors (Lipinski definition) is 0. The molecule has 0 rings (SSSR count). The molecular formula is C18H29O. The number of unbranched alkanes of at least 4 members (excludes halogenated alkanes) is 6. The van der Waals surface area contributed by atoms with Crippen molar-refractivity contribution >= 4 is 6.29 Å². The molecule has 0 saturated heterocycles. The van der Waals surface area contributed by atoms with Gasteiger partial charge in [0.25, 0.3) is 0 Å². The zero-order valence-electron chi connectivity index (χ0n) is 12.4. The minimum atomic E-state index is 0.582. The maximum absolute atomic E-state index is 9.98. The van der Waals surface area contributed by atoms with Gasteiger partial charge in [-0.05, 0) is 44.9 Å². The second-order valence-electron chi connectivity index (χ2n) is 4.77. The number of allylic oxidation sites excluding steroid dienone is 6. The van der Waals surface area contributed by atoms with Gasteiger partial charge < -0.3 is 0 Å². The molecule has 0 atom stereocenters. The molecular weight excluding hydrogens is 232 g/mol. The first-order valence-corrected chi connectivity index (χ1v) is 7.71. The Morgan fingerprint density at radius 1 is 0.737 bits per heavy atom. The second-order valence-corrected chi connectivity index (χ2v) is 4.77. The van der Waals surface area contributed by atoms with Crippen molar-refractivity contribution in [1.82, 2.24) is 0 Å². The van der Waals surface area contributed by atoms with Crippen LogP contribution in [0.5, 0.6) is 0 Å². The summed E-state index contributed by atoms with van der Waals surface area (Å²) in [5.74, 6) is 0. The zero-order valence-corrected chi connectivity index (χ0v) is 12.4. The largest absolute Gasteiger partial charge is 0.291 e. The summed E-state index contributed by atoms with van der Waals surface area (Å²) in [6.45, 7) is 2.24. The van der Waals surface area contributed by atoms with E-state index in [-0.39, 0.29) is 0 Å². The molecule has 0 unspecified atom stereocenters. The van der Waals surface area contributed by atoms with Crippen LogP contribution < -0.4 is 0 Å². The van der Waals surface area contributed by atoms with Crippen LogP contribution in [-0.2, 0) is 4.79 Å². The lowest BCUT2D eigenvalue weighted by Gasteiger charge is -1.91. The Balaban J connectivity index is 3.28. The molecule has 0 N–H and O–H groups in total. The predicted molar refractivity (Wildman–Crippen MR) is 85.0 cm³/mol. The van der Waals surface area contributed by atoms with Gasteiger partial charge in [0.2, 0.25) is 0 Å². The van der Waals surface area contributed by atoms with E-state index in [1.54, 1.807) is 0 Å². The summed E-state index contributed by atoms with van der Waals surface area (Å²) in [7, 11) is 0. The smallest absolute Gasteiger partial charge is 0.198 e. The molecule has 19 heavy (non-hydrogen) atoms. The van der Waals surface area contributed by atoms with Gasteiger partial charge in [-0.1, -0.05) is 56.2 Å². The fraction of sp³-hybridized carbons (Fsp3) is 0.611. The molecule has 0 aliphatic heterocycles. The van der Waals surface area contributed by atoms with Crippen molar-refractivity contribution in [3.8, 4) is 0 Å². The molecule has 0 bridgehead atoms. The van der Waals surface area contributed by atoms with E-state index < -0.39 is 0 Å². The van der Waals surface area contributed by atoms with Crippen molar-refractivity contribution < 1.29 is 4.79 Å². The van der Waals surface area contributed by atoms with Gasteiger partial charge in [0.15, 0.2) is 6.29 Å². The van der Waals surface area contributed by atoms with Gasteiger partial charge in [0.05, 0.1) is 0 Å². The minimum Gasteiger partial charge on any atom is -0.291 e. The molecule has 0 aromatic heterocycles. The van der Waals surface area contributed by atoms with Gasteiger partial charge in [-0.3, -0.25) is 4.79 Å². The van der Waals surface area contributed by atoms with Gasteiger partial charge in [-0.2, -0.15) is 0 Å². The Morgan fingerprint density at radius 2 is 1.26 bits per heavy atom. The molecule has 0 fully saturated rings. The Morgan fingerprint density at radius 3 is 1.79 bits per heavy atom. The molecule has 107 valence electrons. The molecule has 0 amide bonds. The minimum absolute atomic E-state index is 0.582. The quantitative estimate of drug-likeness (QED) is 0.307. The lowest BCUT2D eigenvalue weighted by molar-refractivity contribution is 0.547. The summed E-state index contributed by atoms with van der Waals surface area (Å²) in [6.07, 6.45) is 26.3. The van der Waals surface area contributed by atoms with Crippen LogP contribution in [0.3, 0.4) is 0 Å². The normalized spacial score (nSPS) is 12.1. The highest BCUT2D eigenvalue weighted by Crippen LogP contribution is 2.01. The van der Waals surface area contributed by atoms with Crippen LogP contribution in [0.4, 0.5) is 0 Å². The van der Waals surface area contributed by atoms with E-state index in [0.717, 1.165) is 32.1 Å². The average molecular weight is 261 g/mol. The van der Waals surface area contributed by atoms with Crippen molar-refractivity contribution in [3.63, 3.8) is 0 Å². The fourth-order valence-corrected chi connectivity index (χ4v) is 1.75. The molecule has 1 nitrogen and oxygen atoms in total. The lowest BCUT2D eigenvalue weighted by Crippen LogP contribution is -1.75. The molecule has 0 spiro atoms. The van der Waals surface area contributed by atoms with E-state index in [0.29, 0.717) is 6.42 Å². The summed E-state index contributed by atoms with van der Waals surface area (Å²) in [5.41, 5.74) is 0. The van der Waals surface area contributed by atoms with Gasteiger partial charge >= 0.3 is 0 Å². The first-order valence-electron chi connectivity index (χ1n) is 7.71. The summed E-state index contributed by atoms with van der Waals surface area (Å²) >= 11 is 0. The highest BCUT2D eigenvalue weighted by molar-refractivity contribution is 5.50. The molecule has 1 radical (unpaired) electrons. The predicted octanol–water partition coefficient (Wildman–Crippen LogP) is 5.69. The molecule has 0 heterocycles. The van der Waals surface area contributed by atoms with Crippen LogP contribution >= 0.6 is 0 Å². The van der Waals surface area contributed by atoms with Gasteiger partial charge in [0.1, 0.15) is 0 Å². The van der Waals surface area contributed by atoms with E-state index in [2.05, 4.69) is 43.4 Å². The number of rotatable bonds is 13. The first-order chi connectivity index (χ1) is 9.41. The Hall–Kier alpha value is -1.11. The van der Waals surface area contributed by atoms with Crippen molar-refractivity contribution in [2.75, 3.05) is 0 Å². The molecule has 0 saturated carbocycles. The monoisotopic (exact) mass is 261 g/mol. The summed E-state index contributed by atoms with van der Waals surface area (Å²) in [6, 6.07) is 0. The topological polar surface area (TPSA) is 17.1 Å². The van der Waals surface area contributed by atoms with E-state index in [1.807, 2.05) is 6.29 Å². The highest BCUT2D eigenvalue weighted by atomic mass is 16.1. The van der Waals surface area contributed by atoms with Crippen molar-refractivity contribution in [3.05, 3.63) is 36.5 Å². The average Bonchev–Trinajstić information content (AvgIpc) is 2.43. The third kappa shape index (κ3) is 16.9. The molecule has 1 heteroatoms. The Kier molecular flexibility index (Phi) is 15.9. The standard InChI is InChI=1S/C18H29O/c1-2-3-4-5-6-7-8-9-10-11-12-13-14-15-16-17-18-19/h6-7,9-10,12-13H,2-5,8,11,14-17H2,1H3/b7-6+,10-9+,13-12+. The molecule has 0 aliphatic carbocycles. The highest BCUT2D eigenvalue weighted by Gasteiger charge is 1.84. The number of hydrogen-bond acceptors (Lipinski definition) is 1. The van der Waals surface area contributed by atoms with Crippen molar-refractivity contribution in [2.24, 2.45) is 0 Å². The van der Waals surface area contributed by atoms with Crippen molar-refractivity contribution in [2.45, 2.75) is 71.1 Å². The summed E-state index contributed by atoms with van der Waals surface area (Å²) in [4.78, 5) is 9.98. The van der Waals surface area contributed by atoms with Crippen molar-refractivity contribution in [1.29, 1.82) is 0 Å². The van der Waals surface area contributed by atoms with Crippen LogP contribution in [0.15, 0.2) is 36.5 Å². The van der Waals surface area contributed by atoms with Gasteiger partial charge in [-0.15, -0.1) is 0 Å². The summed E-state index contributed by atoms with van der Waals surface area (Å²) < 4.78 is 0. The Labute approximate surface area is 119 Å². The van der Waals surface area contributed by atoms with E-state index in [1.165, 1.54) is 25.7 Å². The Bertz CT molecular complexity index is 261. The van der Waals surface area contributed by atoms with Crippen LogP contribution in [0.1, 0.15) is 71.1 Å². The lowest BCUT2D eigenvalue weighted by atomic mass is 10.2. The second kappa shape index (κ2) is 16.9. The van der Waals surface area contributed by atoms with Gasteiger partial charge in [0, 0.05) is 6.42 Å². The zero-order chi connectivity index (χ0) is 14.0. The van der Waals surface area contributed by atoms with Crippen LogP contribution in [-0.4, -0.2) is 6.29 Å². The van der Waals surface area contributed by atoms with Gasteiger partial charge in [-0.25, -0.2) is 0 Å². The number of carbonyl (C=O) groups excluding carboxylic acids is 1. The summed E-state index contributed by atoms with van der Waals surface area (Å²) in [5, 5.41) is 0. The third-order valence-electron chi connectivity index (χ3n) is 2.92. The fourth-order valence-electron chi connectivity index (χ4n) is 1.75. The van der Waals surface area contributed by atoms with Crippen LogP contribution in [0.25, 0.3) is 0 Å². The van der Waals surface area contributed by atoms with Crippen LogP contribution in [0, 0.1) is 0 Å².